The molecule has 102 valence electrons. The third-order valence-electron chi connectivity index (χ3n) is 2.58. The molecule has 0 atom stereocenters. The highest BCUT2D eigenvalue weighted by Crippen LogP contribution is 2.32. The highest BCUT2D eigenvalue weighted by atomic mass is 19.4. The van der Waals surface area contributed by atoms with E-state index in [0.717, 1.165) is 38.1 Å². The van der Waals surface area contributed by atoms with E-state index >= 15 is 0 Å². The van der Waals surface area contributed by atoms with Gasteiger partial charge in [0.15, 0.2) is 0 Å². The van der Waals surface area contributed by atoms with Crippen LogP contribution in [-0.2, 0) is 12.6 Å². The predicted octanol–water partition coefficient (Wildman–Crippen LogP) is 3.78. The zero-order valence-corrected chi connectivity index (χ0v) is 10.3. The fourth-order valence-corrected chi connectivity index (χ4v) is 1.66. The van der Waals surface area contributed by atoms with Crippen LogP contribution >= 0.6 is 0 Å². The van der Waals surface area contributed by atoms with Crippen LogP contribution in [0, 0.1) is 5.82 Å². The Hall–Kier alpha value is -1.10. The van der Waals surface area contributed by atoms with Crippen LogP contribution in [0.3, 0.4) is 0 Å². The lowest BCUT2D eigenvalue weighted by Gasteiger charge is -2.10. The minimum absolute atomic E-state index is 0.514. The van der Waals surface area contributed by atoms with Gasteiger partial charge in [0.2, 0.25) is 0 Å². The lowest BCUT2D eigenvalue weighted by Crippen LogP contribution is -2.16. The van der Waals surface area contributed by atoms with E-state index in [4.69, 9.17) is 0 Å². The summed E-state index contributed by atoms with van der Waals surface area (Å²) in [5.41, 5.74) is -0.663. The molecule has 0 aliphatic rings. The van der Waals surface area contributed by atoms with Gasteiger partial charge >= 0.3 is 6.18 Å². The van der Waals surface area contributed by atoms with E-state index in [9.17, 15) is 17.6 Å². The average Bonchev–Trinajstić information content (AvgIpc) is 2.29. The molecule has 1 N–H and O–H groups in total. The zero-order chi connectivity index (χ0) is 13.6. The van der Waals surface area contributed by atoms with Gasteiger partial charge in [0, 0.05) is 0 Å². The SMILES string of the molecule is CCCNCCCc1ccc(F)c(C(F)(F)F)c1. The number of alkyl halides is 3. The van der Waals surface area contributed by atoms with Crippen molar-refractivity contribution in [3.8, 4) is 0 Å². The predicted molar refractivity (Wildman–Crippen MR) is 62.9 cm³/mol. The molecule has 0 aromatic heterocycles. The summed E-state index contributed by atoms with van der Waals surface area (Å²) in [4.78, 5) is 0. The van der Waals surface area contributed by atoms with E-state index in [0.29, 0.717) is 12.0 Å². The summed E-state index contributed by atoms with van der Waals surface area (Å²) in [7, 11) is 0. The molecule has 0 bridgehead atoms. The molecular weight excluding hydrogens is 246 g/mol. The quantitative estimate of drug-likeness (QED) is 0.608. The molecule has 0 saturated heterocycles. The summed E-state index contributed by atoms with van der Waals surface area (Å²) >= 11 is 0. The number of rotatable bonds is 6. The van der Waals surface area contributed by atoms with Gasteiger partial charge in [-0.15, -0.1) is 0 Å². The Morgan fingerprint density at radius 3 is 2.50 bits per heavy atom. The van der Waals surface area contributed by atoms with Crippen molar-refractivity contribution in [2.75, 3.05) is 13.1 Å². The van der Waals surface area contributed by atoms with Crippen molar-refractivity contribution >= 4 is 0 Å². The number of halogens is 4. The lowest BCUT2D eigenvalue weighted by molar-refractivity contribution is -0.140. The Morgan fingerprint density at radius 1 is 1.17 bits per heavy atom. The molecule has 1 nitrogen and oxygen atoms in total. The normalized spacial score (nSPS) is 11.8. The van der Waals surface area contributed by atoms with Gasteiger partial charge in [0.05, 0.1) is 5.56 Å². The van der Waals surface area contributed by atoms with Gasteiger partial charge in [-0.3, -0.25) is 0 Å². The highest BCUT2D eigenvalue weighted by Gasteiger charge is 2.34. The van der Waals surface area contributed by atoms with Gasteiger partial charge in [0.1, 0.15) is 5.82 Å². The van der Waals surface area contributed by atoms with Crippen molar-refractivity contribution < 1.29 is 17.6 Å². The van der Waals surface area contributed by atoms with Crippen LogP contribution in [-0.4, -0.2) is 13.1 Å². The molecule has 0 spiro atoms. The molecule has 0 amide bonds. The summed E-state index contributed by atoms with van der Waals surface area (Å²) in [5, 5.41) is 3.17. The van der Waals surface area contributed by atoms with Crippen LogP contribution in [0.1, 0.15) is 30.9 Å². The smallest absolute Gasteiger partial charge is 0.317 e. The number of nitrogens with one attached hydrogen (secondary N) is 1. The molecule has 0 radical (unpaired) electrons. The molecule has 1 rings (SSSR count). The van der Waals surface area contributed by atoms with E-state index < -0.39 is 17.6 Å². The molecule has 0 saturated carbocycles. The Balaban J connectivity index is 2.57. The van der Waals surface area contributed by atoms with Gasteiger partial charge in [-0.2, -0.15) is 13.2 Å². The summed E-state index contributed by atoms with van der Waals surface area (Å²) < 4.78 is 50.4. The number of hydrogen-bond donors (Lipinski definition) is 1. The molecule has 5 heteroatoms. The first kappa shape index (κ1) is 15.0. The number of hydrogen-bond acceptors (Lipinski definition) is 1. The van der Waals surface area contributed by atoms with Crippen molar-refractivity contribution in [1.29, 1.82) is 0 Å². The monoisotopic (exact) mass is 263 g/mol. The van der Waals surface area contributed by atoms with Crippen LogP contribution in [0.4, 0.5) is 17.6 Å². The third kappa shape index (κ3) is 4.64. The molecule has 18 heavy (non-hydrogen) atoms. The Bertz CT molecular complexity index is 374. The van der Waals surface area contributed by atoms with Gasteiger partial charge in [0.25, 0.3) is 0 Å². The first-order valence-electron chi connectivity index (χ1n) is 6.01. The number of aryl methyl sites for hydroxylation is 1. The molecule has 0 aliphatic carbocycles. The second-order valence-corrected chi connectivity index (χ2v) is 4.17. The standard InChI is InChI=1S/C13H17F4N/c1-2-7-18-8-3-4-10-5-6-12(14)11(9-10)13(15,16)17/h5-6,9,18H,2-4,7-8H2,1H3. The largest absolute Gasteiger partial charge is 0.419 e. The summed E-state index contributed by atoms with van der Waals surface area (Å²) in [6, 6.07) is 3.19. The first-order valence-corrected chi connectivity index (χ1v) is 6.01. The summed E-state index contributed by atoms with van der Waals surface area (Å²) in [6.07, 6.45) is -2.35. The van der Waals surface area contributed by atoms with Crippen molar-refractivity contribution in [1.82, 2.24) is 5.32 Å². The van der Waals surface area contributed by atoms with Crippen molar-refractivity contribution in [3.05, 3.63) is 35.1 Å². The third-order valence-corrected chi connectivity index (χ3v) is 2.58. The molecule has 0 fully saturated rings. The minimum Gasteiger partial charge on any atom is -0.317 e. The highest BCUT2D eigenvalue weighted by molar-refractivity contribution is 5.27. The fourth-order valence-electron chi connectivity index (χ4n) is 1.66. The van der Waals surface area contributed by atoms with Crippen LogP contribution < -0.4 is 5.32 Å². The Kier molecular flexibility index (Phi) is 5.59. The molecule has 0 aliphatic heterocycles. The lowest BCUT2D eigenvalue weighted by atomic mass is 10.1. The van der Waals surface area contributed by atoms with E-state index in [1.807, 2.05) is 6.92 Å². The van der Waals surface area contributed by atoms with E-state index in [1.54, 1.807) is 0 Å². The van der Waals surface area contributed by atoms with Gasteiger partial charge in [-0.1, -0.05) is 13.0 Å². The van der Waals surface area contributed by atoms with Crippen molar-refractivity contribution in [2.45, 2.75) is 32.4 Å². The van der Waals surface area contributed by atoms with E-state index in [1.165, 1.54) is 6.07 Å². The van der Waals surface area contributed by atoms with E-state index in [-0.39, 0.29) is 0 Å². The summed E-state index contributed by atoms with van der Waals surface area (Å²) in [5.74, 6) is -1.21. The second kappa shape index (κ2) is 6.73. The average molecular weight is 263 g/mol. The maximum atomic E-state index is 13.0. The molecular formula is C13H17F4N. The second-order valence-electron chi connectivity index (χ2n) is 4.17. The van der Waals surface area contributed by atoms with Crippen LogP contribution in [0.2, 0.25) is 0 Å². The van der Waals surface area contributed by atoms with Crippen LogP contribution in [0.5, 0.6) is 0 Å². The van der Waals surface area contributed by atoms with Gasteiger partial charge in [-0.25, -0.2) is 4.39 Å². The van der Waals surface area contributed by atoms with Gasteiger partial charge < -0.3 is 5.32 Å². The van der Waals surface area contributed by atoms with Crippen LogP contribution in [0.15, 0.2) is 18.2 Å². The van der Waals surface area contributed by atoms with Crippen molar-refractivity contribution in [2.24, 2.45) is 0 Å². The maximum absolute atomic E-state index is 13.0. The topological polar surface area (TPSA) is 12.0 Å². The van der Waals surface area contributed by atoms with Crippen LogP contribution in [0.25, 0.3) is 0 Å². The minimum atomic E-state index is -4.62. The fraction of sp³-hybridized carbons (Fsp3) is 0.538. The molecule has 1 aromatic rings. The van der Waals surface area contributed by atoms with Crippen molar-refractivity contribution in [3.63, 3.8) is 0 Å². The Labute approximate surface area is 104 Å². The van der Waals surface area contributed by atoms with Gasteiger partial charge in [-0.05, 0) is 50.0 Å². The summed E-state index contributed by atoms with van der Waals surface area (Å²) in [6.45, 7) is 3.70. The molecule has 0 heterocycles. The number of benzene rings is 1. The first-order chi connectivity index (χ1) is 8.45. The zero-order valence-electron chi connectivity index (χ0n) is 10.3. The Morgan fingerprint density at radius 2 is 1.89 bits per heavy atom. The molecule has 1 aromatic carbocycles. The maximum Gasteiger partial charge on any atom is 0.419 e. The van der Waals surface area contributed by atoms with E-state index in [2.05, 4.69) is 5.32 Å². The molecule has 0 unspecified atom stereocenters.